The van der Waals surface area contributed by atoms with Crippen molar-refractivity contribution >= 4 is 5.97 Å². The molecule has 0 aromatic heterocycles. The number of hydrogen-bond acceptors (Lipinski definition) is 10. The van der Waals surface area contributed by atoms with E-state index in [1.165, 1.54) is 6.08 Å². The maximum absolute atomic E-state index is 12.2. The first-order valence-electron chi connectivity index (χ1n) is 14.3. The second kappa shape index (κ2) is 19.7. The largest absolute Gasteiger partial charge is 0.459 e. The fraction of sp³-hybridized carbons (Fsp3) is 0.581. The Hall–Kier alpha value is -2.41. The Morgan fingerprint density at radius 1 is 0.878 bits per heavy atom. The summed E-state index contributed by atoms with van der Waals surface area (Å²) in [5, 5.41) is 60.3. The Morgan fingerprint density at radius 2 is 1.59 bits per heavy atom. The molecule has 2 rings (SSSR count). The Bertz CT molecular complexity index is 922. The van der Waals surface area contributed by atoms with Crippen molar-refractivity contribution in [2.75, 3.05) is 6.61 Å². The Kier molecular flexibility index (Phi) is 16.7. The third-order valence-electron chi connectivity index (χ3n) is 6.72. The van der Waals surface area contributed by atoms with Gasteiger partial charge in [0.25, 0.3) is 0 Å². The van der Waals surface area contributed by atoms with Gasteiger partial charge in [0.15, 0.2) is 6.29 Å². The molecular formula is C31H46O10. The lowest BCUT2D eigenvalue weighted by Gasteiger charge is -2.40. The maximum Gasteiger partial charge on any atom is 0.331 e. The second-order valence-electron chi connectivity index (χ2n) is 10.1. The molecule has 0 aromatic rings. The topological polar surface area (TPSA) is 166 Å². The molecule has 9 atom stereocenters. The number of carbonyl (C=O) groups is 1. The summed E-state index contributed by atoms with van der Waals surface area (Å²) in [4.78, 5) is 12.2. The molecule has 230 valence electrons. The summed E-state index contributed by atoms with van der Waals surface area (Å²) in [6.45, 7) is 1.39. The summed E-state index contributed by atoms with van der Waals surface area (Å²) >= 11 is 0. The lowest BCUT2D eigenvalue weighted by Crippen LogP contribution is -2.59. The Balaban J connectivity index is 2.14. The van der Waals surface area contributed by atoms with Gasteiger partial charge in [0.2, 0.25) is 0 Å². The van der Waals surface area contributed by atoms with E-state index < -0.39 is 61.6 Å². The second-order valence-corrected chi connectivity index (χ2v) is 10.1. The molecule has 0 aliphatic carbocycles. The highest BCUT2D eigenvalue weighted by Gasteiger charge is 2.44. The van der Waals surface area contributed by atoms with Crippen LogP contribution in [0, 0.1) is 0 Å². The average Bonchev–Trinajstić information content (AvgIpc) is 2.94. The Morgan fingerprint density at radius 3 is 2.34 bits per heavy atom. The van der Waals surface area contributed by atoms with Gasteiger partial charge >= 0.3 is 5.97 Å². The number of cyclic esters (lactones) is 1. The quantitative estimate of drug-likeness (QED) is 0.271. The molecule has 10 nitrogen and oxygen atoms in total. The van der Waals surface area contributed by atoms with E-state index in [4.69, 9.17) is 14.2 Å². The zero-order valence-electron chi connectivity index (χ0n) is 23.6. The highest BCUT2D eigenvalue weighted by Crippen LogP contribution is 2.24. The van der Waals surface area contributed by atoms with Gasteiger partial charge in [0.1, 0.15) is 30.5 Å². The molecule has 0 aromatic carbocycles. The Labute approximate surface area is 242 Å². The van der Waals surface area contributed by atoms with Crippen molar-refractivity contribution in [3.05, 3.63) is 72.9 Å². The van der Waals surface area contributed by atoms with Crippen LogP contribution in [0.3, 0.4) is 0 Å². The average molecular weight is 579 g/mol. The molecule has 1 saturated heterocycles. The molecule has 2 aliphatic heterocycles. The van der Waals surface area contributed by atoms with E-state index in [1.807, 2.05) is 19.1 Å². The van der Waals surface area contributed by atoms with Crippen molar-refractivity contribution in [2.45, 2.75) is 107 Å². The third-order valence-corrected chi connectivity index (χ3v) is 6.72. The number of aliphatic hydroxyl groups is 6. The monoisotopic (exact) mass is 578 g/mol. The van der Waals surface area contributed by atoms with E-state index in [1.54, 1.807) is 54.7 Å². The van der Waals surface area contributed by atoms with Crippen molar-refractivity contribution in [3.63, 3.8) is 0 Å². The summed E-state index contributed by atoms with van der Waals surface area (Å²) in [6, 6.07) is 0. The fourth-order valence-corrected chi connectivity index (χ4v) is 4.29. The third kappa shape index (κ3) is 13.4. The van der Waals surface area contributed by atoms with Gasteiger partial charge in [-0.05, 0) is 38.5 Å². The maximum atomic E-state index is 12.2. The molecule has 41 heavy (non-hydrogen) atoms. The van der Waals surface area contributed by atoms with Crippen LogP contribution in [0.25, 0.3) is 0 Å². The number of esters is 1. The molecule has 0 saturated carbocycles. The van der Waals surface area contributed by atoms with Crippen LogP contribution in [0.1, 0.15) is 51.9 Å². The van der Waals surface area contributed by atoms with Gasteiger partial charge in [-0.15, -0.1) is 0 Å². The van der Waals surface area contributed by atoms with Crippen molar-refractivity contribution in [3.8, 4) is 0 Å². The standard InChI is InChI=1S/C31H46O10/c1-2-24-16-10-5-3-4-8-14-22(33)20-23(34)15-9-6-11-17-25(18-12-7-13-19-27(35)39-24)40-31-30(38)29(37)28(36)26(21-32)41-31/h3-4,6-9,11-14,17,19,22-26,28-34,36-38H,2,5,10,15-16,18,20-21H2,1H3/b4-3-,9-6?,12-7-,14-8-,17-11?,19-13?/t22-,23-,24+,25+,26-,28-,29+,30-,31-/m0/s1. The first-order chi connectivity index (χ1) is 19.7. The van der Waals surface area contributed by atoms with Gasteiger partial charge in [-0.2, -0.15) is 0 Å². The van der Waals surface area contributed by atoms with Crippen LogP contribution in [0.4, 0.5) is 0 Å². The molecule has 2 heterocycles. The SMILES string of the molecule is CC[C@@H]1CCC/C=C\C=C/[C@H](O)C[C@@H](O)CC=CC=C[C@@H](O[C@H]2O[C@@H](CO)[C@H](O)[C@@H](O)[C@@H]2O)C/C=C\C=CC(=O)O1. The summed E-state index contributed by atoms with van der Waals surface area (Å²) in [7, 11) is 0. The van der Waals surface area contributed by atoms with Crippen molar-refractivity contribution in [1.29, 1.82) is 0 Å². The molecule has 0 spiro atoms. The molecule has 10 heteroatoms. The molecule has 2 aliphatic rings. The summed E-state index contributed by atoms with van der Waals surface area (Å²) < 4.78 is 16.9. The van der Waals surface area contributed by atoms with Gasteiger partial charge in [0.05, 0.1) is 24.9 Å². The van der Waals surface area contributed by atoms with E-state index in [-0.39, 0.29) is 12.5 Å². The number of aliphatic hydroxyl groups excluding tert-OH is 6. The van der Waals surface area contributed by atoms with Crippen LogP contribution >= 0.6 is 0 Å². The number of carbonyl (C=O) groups excluding carboxylic acids is 1. The molecule has 6 N–H and O–H groups in total. The predicted molar refractivity (Wildman–Crippen MR) is 153 cm³/mol. The van der Waals surface area contributed by atoms with Crippen LogP contribution in [0.5, 0.6) is 0 Å². The van der Waals surface area contributed by atoms with Crippen molar-refractivity contribution < 1.29 is 49.6 Å². The summed E-state index contributed by atoms with van der Waals surface area (Å²) in [5.41, 5.74) is 0. The number of hydrogen-bond donors (Lipinski definition) is 6. The van der Waals surface area contributed by atoms with Crippen LogP contribution in [-0.2, 0) is 19.0 Å². The molecule has 0 radical (unpaired) electrons. The normalized spacial score (nSPS) is 37.5. The minimum atomic E-state index is -1.57. The van der Waals surface area contributed by atoms with Gasteiger partial charge in [0, 0.05) is 12.5 Å². The van der Waals surface area contributed by atoms with Crippen molar-refractivity contribution in [1.82, 2.24) is 0 Å². The highest BCUT2D eigenvalue weighted by atomic mass is 16.7. The van der Waals surface area contributed by atoms with Crippen LogP contribution < -0.4 is 0 Å². The smallest absolute Gasteiger partial charge is 0.331 e. The molecule has 1 fully saturated rings. The van der Waals surface area contributed by atoms with Crippen LogP contribution in [-0.4, -0.2) is 98.3 Å². The van der Waals surface area contributed by atoms with E-state index >= 15 is 0 Å². The predicted octanol–water partition coefficient (Wildman–Crippen LogP) is 1.91. The van der Waals surface area contributed by atoms with Gasteiger partial charge in [-0.1, -0.05) is 73.8 Å². The summed E-state index contributed by atoms with van der Waals surface area (Å²) in [6.07, 6.45) is 14.8. The molecule has 0 bridgehead atoms. The minimum Gasteiger partial charge on any atom is -0.459 e. The number of ether oxygens (including phenoxy) is 3. The van der Waals surface area contributed by atoms with E-state index in [9.17, 15) is 35.4 Å². The fourth-order valence-electron chi connectivity index (χ4n) is 4.29. The van der Waals surface area contributed by atoms with Crippen molar-refractivity contribution in [2.24, 2.45) is 0 Å². The van der Waals surface area contributed by atoms with E-state index in [0.29, 0.717) is 19.3 Å². The van der Waals surface area contributed by atoms with Gasteiger partial charge in [-0.25, -0.2) is 4.79 Å². The zero-order valence-corrected chi connectivity index (χ0v) is 23.6. The highest BCUT2D eigenvalue weighted by molar-refractivity contribution is 5.82. The number of allylic oxidation sites excluding steroid dienone is 7. The first kappa shape index (κ1) is 34.8. The molecule has 0 amide bonds. The van der Waals surface area contributed by atoms with E-state index in [0.717, 1.165) is 19.3 Å². The summed E-state index contributed by atoms with van der Waals surface area (Å²) in [5.74, 6) is -0.440. The lowest BCUT2D eigenvalue weighted by atomic mass is 9.99. The zero-order chi connectivity index (χ0) is 30.0. The molecular weight excluding hydrogens is 532 g/mol. The lowest BCUT2D eigenvalue weighted by molar-refractivity contribution is -0.307. The molecule has 0 unspecified atom stereocenters. The van der Waals surface area contributed by atoms with Crippen LogP contribution in [0.2, 0.25) is 0 Å². The number of rotatable bonds is 4. The first-order valence-corrected chi connectivity index (χ1v) is 14.3. The van der Waals surface area contributed by atoms with Crippen LogP contribution in [0.15, 0.2) is 72.9 Å². The van der Waals surface area contributed by atoms with Gasteiger partial charge in [-0.3, -0.25) is 0 Å². The minimum absolute atomic E-state index is 0.184. The van der Waals surface area contributed by atoms with E-state index in [2.05, 4.69) is 0 Å². The van der Waals surface area contributed by atoms with Gasteiger partial charge < -0.3 is 44.8 Å².